The van der Waals surface area contributed by atoms with E-state index in [1.165, 1.54) is 23.1 Å². The lowest BCUT2D eigenvalue weighted by Gasteiger charge is -2.06. The molecule has 0 saturated heterocycles. The maximum absolute atomic E-state index is 13.7. The summed E-state index contributed by atoms with van der Waals surface area (Å²) in [4.78, 5) is 3.85. The van der Waals surface area contributed by atoms with Gasteiger partial charge in [0, 0.05) is 5.56 Å². The molecule has 0 spiro atoms. The summed E-state index contributed by atoms with van der Waals surface area (Å²) < 4.78 is 28.7. The predicted octanol–water partition coefficient (Wildman–Crippen LogP) is 2.00. The van der Waals surface area contributed by atoms with Gasteiger partial charge in [0.05, 0.1) is 11.0 Å². The minimum atomic E-state index is -0.664. The minimum Gasteiger partial charge on any atom is -0.387 e. The predicted molar refractivity (Wildman–Crippen MR) is 69.1 cm³/mol. The second-order valence-corrected chi connectivity index (χ2v) is 4.75. The molecular weight excluding hydrogens is 326 g/mol. The summed E-state index contributed by atoms with van der Waals surface area (Å²) in [6.45, 7) is -0.0906. The van der Waals surface area contributed by atoms with Crippen molar-refractivity contribution in [3.05, 3.63) is 46.0 Å². The maximum atomic E-state index is 13.7. The third-order valence-electron chi connectivity index (χ3n) is 2.22. The van der Waals surface area contributed by atoms with Crippen molar-refractivity contribution in [1.82, 2.24) is 14.8 Å². The average molecular weight is 333 g/mol. The lowest BCUT2D eigenvalue weighted by molar-refractivity contribution is 0.529. The normalized spacial score (nSPS) is 10.6. The highest BCUT2D eigenvalue weighted by molar-refractivity contribution is 9.10. The number of thiocarbonyl (C=S) groups is 1. The van der Waals surface area contributed by atoms with E-state index in [4.69, 9.17) is 18.0 Å². The largest absolute Gasteiger partial charge is 0.387 e. The van der Waals surface area contributed by atoms with Crippen LogP contribution in [0.1, 0.15) is 11.4 Å². The van der Waals surface area contributed by atoms with Gasteiger partial charge >= 0.3 is 0 Å². The van der Waals surface area contributed by atoms with Crippen LogP contribution in [-0.2, 0) is 6.54 Å². The van der Waals surface area contributed by atoms with Gasteiger partial charge in [-0.2, -0.15) is 0 Å². The molecule has 0 bridgehead atoms. The number of nitrogens with two attached hydrogens (primary N) is 1. The van der Waals surface area contributed by atoms with E-state index in [1.54, 1.807) is 0 Å². The fourth-order valence-corrected chi connectivity index (χ4v) is 1.82. The van der Waals surface area contributed by atoms with Crippen LogP contribution in [0.25, 0.3) is 0 Å². The molecule has 1 aromatic carbocycles. The van der Waals surface area contributed by atoms with Crippen molar-refractivity contribution in [1.29, 1.82) is 0 Å². The quantitative estimate of drug-likeness (QED) is 0.690. The van der Waals surface area contributed by atoms with Crippen molar-refractivity contribution < 1.29 is 8.78 Å². The van der Waals surface area contributed by atoms with Crippen molar-refractivity contribution in [3.63, 3.8) is 0 Å². The first-order valence-corrected chi connectivity index (χ1v) is 6.01. The number of nitrogens with zero attached hydrogens (tertiary/aromatic N) is 3. The van der Waals surface area contributed by atoms with E-state index in [1.807, 2.05) is 0 Å². The molecule has 0 aliphatic heterocycles. The Labute approximate surface area is 115 Å². The Kier molecular flexibility index (Phi) is 3.67. The highest BCUT2D eigenvalue weighted by Gasteiger charge is 2.14. The molecule has 8 heteroatoms. The number of aromatic nitrogens is 3. The van der Waals surface area contributed by atoms with E-state index >= 15 is 0 Å². The Morgan fingerprint density at radius 2 is 2.17 bits per heavy atom. The molecule has 0 amide bonds. The smallest absolute Gasteiger partial charge is 0.208 e. The van der Waals surface area contributed by atoms with Crippen LogP contribution >= 0.6 is 28.1 Å². The van der Waals surface area contributed by atoms with E-state index < -0.39 is 11.6 Å². The molecule has 4 nitrogen and oxygen atoms in total. The summed E-state index contributed by atoms with van der Waals surface area (Å²) >= 11 is 7.69. The molecule has 2 aromatic rings. The first-order chi connectivity index (χ1) is 8.49. The van der Waals surface area contributed by atoms with E-state index in [0.29, 0.717) is 0 Å². The molecule has 0 radical (unpaired) electrons. The SMILES string of the molecule is NC(=S)c1ncn(Cc2c(F)ccc(Br)c2F)n1. The Morgan fingerprint density at radius 1 is 1.44 bits per heavy atom. The highest BCUT2D eigenvalue weighted by atomic mass is 79.9. The molecule has 0 saturated carbocycles. The van der Waals surface area contributed by atoms with Crippen molar-refractivity contribution >= 4 is 33.1 Å². The van der Waals surface area contributed by atoms with Gasteiger partial charge in [-0.1, -0.05) is 12.2 Å². The summed E-state index contributed by atoms with van der Waals surface area (Å²) in [6, 6.07) is 2.48. The van der Waals surface area contributed by atoms with Crippen LogP contribution in [0.4, 0.5) is 8.78 Å². The van der Waals surface area contributed by atoms with Crippen molar-refractivity contribution in [3.8, 4) is 0 Å². The number of rotatable bonds is 3. The minimum absolute atomic E-state index is 0.0314. The maximum Gasteiger partial charge on any atom is 0.208 e. The van der Waals surface area contributed by atoms with Crippen LogP contribution in [0.3, 0.4) is 0 Å². The van der Waals surface area contributed by atoms with Gasteiger partial charge < -0.3 is 5.73 Å². The van der Waals surface area contributed by atoms with Gasteiger partial charge in [-0.3, -0.25) is 0 Å². The lowest BCUT2D eigenvalue weighted by Crippen LogP contribution is -2.13. The number of hydrogen-bond acceptors (Lipinski definition) is 3. The van der Waals surface area contributed by atoms with Crippen LogP contribution in [0.5, 0.6) is 0 Å². The van der Waals surface area contributed by atoms with E-state index in [9.17, 15) is 8.78 Å². The Morgan fingerprint density at radius 3 is 2.78 bits per heavy atom. The molecule has 1 heterocycles. The van der Waals surface area contributed by atoms with E-state index in [-0.39, 0.29) is 27.4 Å². The third-order valence-corrected chi connectivity index (χ3v) is 3.01. The highest BCUT2D eigenvalue weighted by Crippen LogP contribution is 2.22. The number of benzene rings is 1. The van der Waals surface area contributed by atoms with Gasteiger partial charge in [-0.05, 0) is 28.1 Å². The summed E-state index contributed by atoms with van der Waals surface area (Å²) in [7, 11) is 0. The van der Waals surface area contributed by atoms with Crippen LogP contribution in [0.15, 0.2) is 22.9 Å². The summed E-state index contributed by atoms with van der Waals surface area (Å²) in [5.41, 5.74) is 5.23. The van der Waals surface area contributed by atoms with Crippen LogP contribution in [0.2, 0.25) is 0 Å². The molecule has 2 N–H and O–H groups in total. The summed E-state index contributed by atoms with van der Waals surface area (Å²) in [5.74, 6) is -1.15. The molecule has 18 heavy (non-hydrogen) atoms. The Bertz CT molecular complexity index is 614. The molecule has 94 valence electrons. The zero-order valence-electron chi connectivity index (χ0n) is 8.90. The first kappa shape index (κ1) is 13.0. The fraction of sp³-hybridized carbons (Fsp3) is 0.100. The molecule has 2 rings (SSSR count). The molecule has 0 fully saturated rings. The Hall–Kier alpha value is -1.41. The van der Waals surface area contributed by atoms with Gasteiger partial charge in [0.1, 0.15) is 23.0 Å². The van der Waals surface area contributed by atoms with Crippen LogP contribution in [0, 0.1) is 11.6 Å². The standard InChI is InChI=1S/C10H7BrF2N4S/c11-6-1-2-7(12)5(8(6)13)3-17-4-15-10(16-17)9(14)18/h1-2,4H,3H2,(H2,14,18). The third kappa shape index (κ3) is 2.54. The summed E-state index contributed by atoms with van der Waals surface area (Å²) in [5, 5.41) is 3.91. The van der Waals surface area contributed by atoms with Gasteiger partial charge in [-0.25, -0.2) is 18.4 Å². The molecule has 0 aliphatic rings. The zero-order chi connectivity index (χ0) is 13.3. The van der Waals surface area contributed by atoms with Gasteiger partial charge in [-0.15, -0.1) is 5.10 Å². The fourth-order valence-electron chi connectivity index (χ4n) is 1.36. The molecular formula is C10H7BrF2N4S. The summed E-state index contributed by atoms with van der Waals surface area (Å²) in [6.07, 6.45) is 1.31. The van der Waals surface area contributed by atoms with Crippen LogP contribution < -0.4 is 5.73 Å². The first-order valence-electron chi connectivity index (χ1n) is 4.80. The van der Waals surface area contributed by atoms with E-state index in [0.717, 1.165) is 0 Å². The average Bonchev–Trinajstić information content (AvgIpc) is 2.78. The number of hydrogen-bond donors (Lipinski definition) is 1. The van der Waals surface area contributed by atoms with Crippen LogP contribution in [-0.4, -0.2) is 19.8 Å². The second-order valence-electron chi connectivity index (χ2n) is 3.45. The van der Waals surface area contributed by atoms with E-state index in [2.05, 4.69) is 26.0 Å². The monoisotopic (exact) mass is 332 g/mol. The molecule has 0 aliphatic carbocycles. The van der Waals surface area contributed by atoms with Gasteiger partial charge in [0.25, 0.3) is 0 Å². The molecule has 0 unspecified atom stereocenters. The molecule has 1 aromatic heterocycles. The molecule has 0 atom stereocenters. The van der Waals surface area contributed by atoms with Gasteiger partial charge in [0.15, 0.2) is 0 Å². The Balaban J connectivity index is 2.33. The zero-order valence-corrected chi connectivity index (χ0v) is 11.3. The second kappa shape index (κ2) is 5.07. The number of halogens is 3. The van der Waals surface area contributed by atoms with Gasteiger partial charge in [0.2, 0.25) is 5.82 Å². The lowest BCUT2D eigenvalue weighted by atomic mass is 10.2. The van der Waals surface area contributed by atoms with Crippen molar-refractivity contribution in [2.75, 3.05) is 0 Å². The topological polar surface area (TPSA) is 56.7 Å². The van der Waals surface area contributed by atoms with Crippen molar-refractivity contribution in [2.45, 2.75) is 6.54 Å². The van der Waals surface area contributed by atoms with Crippen molar-refractivity contribution in [2.24, 2.45) is 5.73 Å².